The topological polar surface area (TPSA) is 29.5 Å². The summed E-state index contributed by atoms with van der Waals surface area (Å²) in [6.07, 6.45) is 4.36. The number of hydrogen-bond donors (Lipinski definition) is 1. The van der Waals surface area contributed by atoms with Crippen molar-refractivity contribution in [3.8, 4) is 5.75 Å². The van der Waals surface area contributed by atoms with Crippen molar-refractivity contribution in [2.75, 3.05) is 13.7 Å². The molecule has 0 saturated heterocycles. The molecule has 0 bridgehead atoms. The Bertz CT molecular complexity index is 407. The Morgan fingerprint density at radius 3 is 2.94 bits per heavy atom. The zero-order chi connectivity index (χ0) is 11.5. The minimum Gasteiger partial charge on any atom is -0.497 e. The average molecular weight is 218 g/mol. The van der Waals surface area contributed by atoms with E-state index in [2.05, 4.69) is 25.1 Å². The van der Waals surface area contributed by atoms with Crippen LogP contribution in [-0.4, -0.2) is 18.8 Å². The molecule has 1 N–H and O–H groups in total. The summed E-state index contributed by atoms with van der Waals surface area (Å²) in [5.41, 5.74) is 3.87. The van der Waals surface area contributed by atoms with Gasteiger partial charge in [-0.1, -0.05) is 19.1 Å². The van der Waals surface area contributed by atoms with Crippen LogP contribution in [-0.2, 0) is 6.42 Å². The van der Waals surface area contributed by atoms with Crippen molar-refractivity contribution in [3.05, 3.63) is 35.4 Å². The number of aliphatic hydroxyl groups excluding tert-OH is 1. The molecule has 0 fully saturated rings. The molecule has 0 amide bonds. The summed E-state index contributed by atoms with van der Waals surface area (Å²) in [5, 5.41) is 9.25. The van der Waals surface area contributed by atoms with E-state index in [1.54, 1.807) is 7.11 Å². The molecule has 1 aromatic rings. The van der Waals surface area contributed by atoms with Gasteiger partial charge in [-0.25, -0.2) is 0 Å². The van der Waals surface area contributed by atoms with Crippen LogP contribution < -0.4 is 4.74 Å². The van der Waals surface area contributed by atoms with E-state index in [1.165, 1.54) is 16.7 Å². The van der Waals surface area contributed by atoms with Gasteiger partial charge in [0.15, 0.2) is 0 Å². The fourth-order valence-electron chi connectivity index (χ4n) is 2.24. The third-order valence-electron chi connectivity index (χ3n) is 3.21. The highest BCUT2D eigenvalue weighted by molar-refractivity contribution is 5.72. The predicted octanol–water partition coefficient (Wildman–Crippen LogP) is 2.65. The van der Waals surface area contributed by atoms with Gasteiger partial charge in [-0.3, -0.25) is 0 Å². The quantitative estimate of drug-likeness (QED) is 0.845. The molecule has 1 aliphatic carbocycles. The number of allylic oxidation sites excluding steroid dienone is 1. The second-order valence-corrected chi connectivity index (χ2v) is 4.30. The third-order valence-corrected chi connectivity index (χ3v) is 3.21. The van der Waals surface area contributed by atoms with Crippen LogP contribution >= 0.6 is 0 Å². The van der Waals surface area contributed by atoms with Crippen LogP contribution in [0.25, 0.3) is 5.57 Å². The average Bonchev–Trinajstić information content (AvgIpc) is 2.36. The minimum absolute atomic E-state index is 0.206. The number of rotatable bonds is 3. The number of aliphatic hydroxyl groups is 1. The normalized spacial score (nSPS) is 16.3. The van der Waals surface area contributed by atoms with E-state index in [1.807, 2.05) is 6.07 Å². The van der Waals surface area contributed by atoms with E-state index in [0.29, 0.717) is 0 Å². The third kappa shape index (κ3) is 1.98. The molecule has 1 atom stereocenters. The molecule has 0 heterocycles. The largest absolute Gasteiger partial charge is 0.497 e. The van der Waals surface area contributed by atoms with Gasteiger partial charge in [0.25, 0.3) is 0 Å². The lowest BCUT2D eigenvalue weighted by atomic mass is 9.84. The first-order valence-corrected chi connectivity index (χ1v) is 5.74. The smallest absolute Gasteiger partial charge is 0.119 e. The maximum Gasteiger partial charge on any atom is 0.119 e. The molecule has 1 aliphatic rings. The van der Waals surface area contributed by atoms with Crippen LogP contribution in [0.2, 0.25) is 0 Å². The Hall–Kier alpha value is -1.28. The number of ether oxygens (including phenoxy) is 1. The summed E-state index contributed by atoms with van der Waals surface area (Å²) in [4.78, 5) is 0. The zero-order valence-corrected chi connectivity index (χ0v) is 9.86. The highest BCUT2D eigenvalue weighted by Gasteiger charge is 2.17. The van der Waals surface area contributed by atoms with Gasteiger partial charge >= 0.3 is 0 Å². The molecule has 0 saturated carbocycles. The molecule has 2 nitrogen and oxygen atoms in total. The number of benzene rings is 1. The lowest BCUT2D eigenvalue weighted by molar-refractivity contribution is 0.266. The molecular weight excluding hydrogens is 200 g/mol. The summed E-state index contributed by atoms with van der Waals surface area (Å²) in [6, 6.07) is 6.19. The first-order chi connectivity index (χ1) is 7.76. The number of methoxy groups -OCH3 is 1. The fourth-order valence-corrected chi connectivity index (χ4v) is 2.24. The minimum atomic E-state index is 0.206. The van der Waals surface area contributed by atoms with E-state index in [-0.39, 0.29) is 12.5 Å². The molecular formula is C14H18O2. The van der Waals surface area contributed by atoms with E-state index < -0.39 is 0 Å². The van der Waals surface area contributed by atoms with Gasteiger partial charge < -0.3 is 9.84 Å². The van der Waals surface area contributed by atoms with Crippen molar-refractivity contribution >= 4 is 5.57 Å². The van der Waals surface area contributed by atoms with Crippen molar-refractivity contribution < 1.29 is 9.84 Å². The first kappa shape index (κ1) is 11.2. The predicted molar refractivity (Wildman–Crippen MR) is 65.5 cm³/mol. The number of aryl methyl sites for hydroxylation is 1. The van der Waals surface area contributed by atoms with Crippen molar-refractivity contribution in [1.29, 1.82) is 0 Å². The van der Waals surface area contributed by atoms with Gasteiger partial charge in [0.1, 0.15) is 5.75 Å². The summed E-state index contributed by atoms with van der Waals surface area (Å²) in [5.74, 6) is 1.13. The van der Waals surface area contributed by atoms with Gasteiger partial charge in [-0.05, 0) is 41.7 Å². The zero-order valence-electron chi connectivity index (χ0n) is 9.86. The molecule has 0 aromatic heterocycles. The summed E-state index contributed by atoms with van der Waals surface area (Å²) >= 11 is 0. The number of hydrogen-bond acceptors (Lipinski definition) is 2. The lowest BCUT2D eigenvalue weighted by Crippen LogP contribution is -2.09. The number of fused-ring (bicyclic) bond motifs is 1. The monoisotopic (exact) mass is 218 g/mol. The molecule has 0 radical (unpaired) electrons. The summed E-state index contributed by atoms with van der Waals surface area (Å²) in [7, 11) is 1.69. The van der Waals surface area contributed by atoms with Gasteiger partial charge in [-0.15, -0.1) is 0 Å². The molecule has 86 valence electrons. The molecule has 0 spiro atoms. The van der Waals surface area contributed by atoms with Crippen molar-refractivity contribution in [2.45, 2.75) is 19.8 Å². The van der Waals surface area contributed by atoms with Crippen LogP contribution in [0.4, 0.5) is 0 Å². The van der Waals surface area contributed by atoms with Crippen LogP contribution in [0.15, 0.2) is 24.3 Å². The summed E-state index contributed by atoms with van der Waals surface area (Å²) in [6.45, 7) is 2.27. The lowest BCUT2D eigenvalue weighted by Gasteiger charge is -2.22. The van der Waals surface area contributed by atoms with E-state index in [4.69, 9.17) is 4.74 Å². The van der Waals surface area contributed by atoms with E-state index >= 15 is 0 Å². The Morgan fingerprint density at radius 2 is 2.25 bits per heavy atom. The molecule has 0 aliphatic heterocycles. The molecule has 1 aromatic carbocycles. The van der Waals surface area contributed by atoms with Gasteiger partial charge in [0.2, 0.25) is 0 Å². The van der Waals surface area contributed by atoms with Crippen LogP contribution in [0, 0.1) is 5.92 Å². The van der Waals surface area contributed by atoms with Crippen molar-refractivity contribution in [3.63, 3.8) is 0 Å². The van der Waals surface area contributed by atoms with Crippen LogP contribution in [0.3, 0.4) is 0 Å². The maximum atomic E-state index is 9.25. The molecule has 2 heteroatoms. The summed E-state index contributed by atoms with van der Waals surface area (Å²) < 4.78 is 5.23. The molecule has 1 unspecified atom stereocenters. The van der Waals surface area contributed by atoms with E-state index in [0.717, 1.165) is 18.6 Å². The Morgan fingerprint density at radius 1 is 1.44 bits per heavy atom. The Labute approximate surface area is 96.6 Å². The highest BCUT2D eigenvalue weighted by atomic mass is 16.5. The fraction of sp³-hybridized carbons (Fsp3) is 0.429. The van der Waals surface area contributed by atoms with Gasteiger partial charge in [0.05, 0.1) is 7.11 Å². The van der Waals surface area contributed by atoms with Gasteiger partial charge in [0, 0.05) is 12.5 Å². The second-order valence-electron chi connectivity index (χ2n) is 4.30. The van der Waals surface area contributed by atoms with Crippen molar-refractivity contribution in [1.82, 2.24) is 0 Å². The van der Waals surface area contributed by atoms with Crippen molar-refractivity contribution in [2.24, 2.45) is 5.92 Å². The van der Waals surface area contributed by atoms with Gasteiger partial charge in [-0.2, -0.15) is 0 Å². The SMILES string of the molecule is COc1ccc2c(c1)CCC=C2C(C)CO. The van der Waals surface area contributed by atoms with Crippen LogP contribution in [0.5, 0.6) is 5.75 Å². The van der Waals surface area contributed by atoms with E-state index in [9.17, 15) is 5.11 Å². The molecule has 2 rings (SSSR count). The highest BCUT2D eigenvalue weighted by Crippen LogP contribution is 2.33. The van der Waals surface area contributed by atoms with Crippen LogP contribution in [0.1, 0.15) is 24.5 Å². The Balaban J connectivity index is 2.39. The maximum absolute atomic E-state index is 9.25. The Kier molecular flexibility index (Phi) is 3.30. The first-order valence-electron chi connectivity index (χ1n) is 5.74. The standard InChI is InChI=1S/C14H18O2/c1-10(9-15)13-5-3-4-11-8-12(16-2)6-7-14(11)13/h5-8,10,15H,3-4,9H2,1-2H3. The molecule has 16 heavy (non-hydrogen) atoms. The second kappa shape index (κ2) is 4.71.